The van der Waals surface area contributed by atoms with Gasteiger partial charge in [0.25, 0.3) is 5.91 Å². The summed E-state index contributed by atoms with van der Waals surface area (Å²) in [4.78, 5) is 25.4. The van der Waals surface area contributed by atoms with E-state index in [1.165, 1.54) is 41.5 Å². The van der Waals surface area contributed by atoms with Gasteiger partial charge < -0.3 is 9.64 Å². The molecular formula is C14H13BrN2O4S. The van der Waals surface area contributed by atoms with Crippen LogP contribution in [-0.4, -0.2) is 29.9 Å². The Morgan fingerprint density at radius 2 is 2.14 bits per heavy atom. The van der Waals surface area contributed by atoms with Gasteiger partial charge in [0.05, 0.1) is 22.4 Å². The maximum absolute atomic E-state index is 12.4. The predicted octanol–water partition coefficient (Wildman–Crippen LogP) is 3.70. The Bertz CT molecular complexity index is 717. The quantitative estimate of drug-likeness (QED) is 0.581. The lowest BCUT2D eigenvalue weighted by atomic mass is 10.1. The number of hydrogen-bond donors (Lipinski definition) is 0. The van der Waals surface area contributed by atoms with Crippen molar-refractivity contribution in [3.05, 3.63) is 54.7 Å². The van der Waals surface area contributed by atoms with Crippen LogP contribution in [0.4, 0.5) is 5.69 Å². The van der Waals surface area contributed by atoms with Crippen LogP contribution < -0.4 is 4.74 Å². The van der Waals surface area contributed by atoms with Crippen LogP contribution in [0.2, 0.25) is 0 Å². The first-order valence-electron chi connectivity index (χ1n) is 6.24. The summed E-state index contributed by atoms with van der Waals surface area (Å²) in [5, 5.41) is 11.0. The molecule has 2 aromatic rings. The highest BCUT2D eigenvalue weighted by molar-refractivity contribution is 9.11. The summed E-state index contributed by atoms with van der Waals surface area (Å²) in [5.41, 5.74) is 0.0336. The van der Waals surface area contributed by atoms with Crippen LogP contribution in [-0.2, 0) is 6.54 Å². The first-order valence-corrected chi connectivity index (χ1v) is 7.85. The fourth-order valence-electron chi connectivity index (χ4n) is 1.93. The Labute approximate surface area is 139 Å². The summed E-state index contributed by atoms with van der Waals surface area (Å²) >= 11 is 4.91. The number of rotatable bonds is 5. The molecule has 1 amide bonds. The van der Waals surface area contributed by atoms with Gasteiger partial charge in [-0.15, -0.1) is 11.3 Å². The lowest BCUT2D eigenvalue weighted by molar-refractivity contribution is -0.385. The molecule has 1 heterocycles. The van der Waals surface area contributed by atoms with Crippen molar-refractivity contribution in [2.45, 2.75) is 6.54 Å². The van der Waals surface area contributed by atoms with Crippen molar-refractivity contribution in [2.75, 3.05) is 14.2 Å². The summed E-state index contributed by atoms with van der Waals surface area (Å²) in [6.45, 7) is 0.439. The van der Waals surface area contributed by atoms with Crippen molar-refractivity contribution >= 4 is 38.9 Å². The molecule has 0 fully saturated rings. The molecular weight excluding hydrogens is 372 g/mol. The zero-order valence-electron chi connectivity index (χ0n) is 11.9. The number of nitro groups is 1. The Kier molecular flexibility index (Phi) is 5.15. The number of amides is 1. The third-order valence-electron chi connectivity index (χ3n) is 2.99. The SMILES string of the molecule is COc1ccc(C(=O)N(C)Cc2ccc(Br)s2)cc1[N+](=O)[O-]. The van der Waals surface area contributed by atoms with Gasteiger partial charge in [-0.05, 0) is 40.2 Å². The van der Waals surface area contributed by atoms with E-state index in [9.17, 15) is 14.9 Å². The zero-order valence-corrected chi connectivity index (χ0v) is 14.3. The van der Waals surface area contributed by atoms with Crippen molar-refractivity contribution in [3.8, 4) is 5.75 Å². The molecule has 116 valence electrons. The number of ether oxygens (including phenoxy) is 1. The number of halogens is 1. The fraction of sp³-hybridized carbons (Fsp3) is 0.214. The topological polar surface area (TPSA) is 72.7 Å². The highest BCUT2D eigenvalue weighted by atomic mass is 79.9. The summed E-state index contributed by atoms with van der Waals surface area (Å²) in [6, 6.07) is 8.03. The number of nitrogens with zero attached hydrogens (tertiary/aromatic N) is 2. The molecule has 1 aromatic heterocycles. The van der Waals surface area contributed by atoms with E-state index >= 15 is 0 Å². The van der Waals surface area contributed by atoms with Gasteiger partial charge in [-0.2, -0.15) is 0 Å². The van der Waals surface area contributed by atoms with Crippen molar-refractivity contribution in [1.82, 2.24) is 4.90 Å². The number of hydrogen-bond acceptors (Lipinski definition) is 5. The van der Waals surface area contributed by atoms with Gasteiger partial charge in [0.1, 0.15) is 0 Å². The van der Waals surface area contributed by atoms with Crippen molar-refractivity contribution < 1.29 is 14.5 Å². The number of benzene rings is 1. The Morgan fingerprint density at radius 1 is 1.41 bits per heavy atom. The van der Waals surface area contributed by atoms with E-state index in [2.05, 4.69) is 15.9 Å². The van der Waals surface area contributed by atoms with Crippen LogP contribution in [0.15, 0.2) is 34.1 Å². The standard InChI is InChI=1S/C14H13BrN2O4S/c1-16(8-10-4-6-13(15)22-10)14(18)9-3-5-12(21-2)11(7-9)17(19)20/h3-7H,8H2,1-2H3. The number of thiophene rings is 1. The Balaban J connectivity index is 2.21. The largest absolute Gasteiger partial charge is 0.490 e. The van der Waals surface area contributed by atoms with Gasteiger partial charge in [-0.3, -0.25) is 14.9 Å². The summed E-state index contributed by atoms with van der Waals surface area (Å²) in [7, 11) is 3.01. The molecule has 0 unspecified atom stereocenters. The molecule has 1 aromatic carbocycles. The molecule has 0 aliphatic carbocycles. The molecule has 0 aliphatic rings. The van der Waals surface area contributed by atoms with E-state index in [-0.39, 0.29) is 22.9 Å². The van der Waals surface area contributed by atoms with Gasteiger partial charge in [0, 0.05) is 23.6 Å². The van der Waals surface area contributed by atoms with E-state index < -0.39 is 4.92 Å². The second-order valence-electron chi connectivity index (χ2n) is 4.51. The van der Waals surface area contributed by atoms with Gasteiger partial charge >= 0.3 is 5.69 Å². The monoisotopic (exact) mass is 384 g/mol. The van der Waals surface area contributed by atoms with Crippen LogP contribution in [0.25, 0.3) is 0 Å². The van der Waals surface area contributed by atoms with Gasteiger partial charge in [-0.1, -0.05) is 0 Å². The molecule has 0 saturated heterocycles. The molecule has 22 heavy (non-hydrogen) atoms. The average Bonchev–Trinajstić information content (AvgIpc) is 2.90. The number of carbonyl (C=O) groups excluding carboxylic acids is 1. The first-order chi connectivity index (χ1) is 10.4. The van der Waals surface area contributed by atoms with E-state index in [1.54, 1.807) is 7.05 Å². The van der Waals surface area contributed by atoms with Gasteiger partial charge in [-0.25, -0.2) is 0 Å². The summed E-state index contributed by atoms with van der Waals surface area (Å²) < 4.78 is 5.92. The molecule has 6 nitrogen and oxygen atoms in total. The van der Waals surface area contributed by atoms with Crippen LogP contribution in [0, 0.1) is 10.1 Å². The highest BCUT2D eigenvalue weighted by Gasteiger charge is 2.20. The second kappa shape index (κ2) is 6.89. The maximum atomic E-state index is 12.4. The minimum atomic E-state index is -0.563. The lowest BCUT2D eigenvalue weighted by Crippen LogP contribution is -2.25. The van der Waals surface area contributed by atoms with Crippen molar-refractivity contribution in [3.63, 3.8) is 0 Å². The molecule has 8 heteroatoms. The number of carbonyl (C=O) groups is 1. The molecule has 0 bridgehead atoms. The normalized spacial score (nSPS) is 10.3. The van der Waals surface area contributed by atoms with Crippen molar-refractivity contribution in [1.29, 1.82) is 0 Å². The molecule has 0 N–H and O–H groups in total. The summed E-state index contributed by atoms with van der Waals surface area (Å²) in [5.74, 6) is -0.151. The van der Waals surface area contributed by atoms with E-state index in [0.29, 0.717) is 6.54 Å². The third kappa shape index (κ3) is 3.63. The molecule has 0 spiro atoms. The zero-order chi connectivity index (χ0) is 16.3. The minimum Gasteiger partial charge on any atom is -0.490 e. The van der Waals surface area contributed by atoms with Crippen LogP contribution >= 0.6 is 27.3 Å². The van der Waals surface area contributed by atoms with E-state index in [4.69, 9.17) is 4.74 Å². The van der Waals surface area contributed by atoms with Crippen LogP contribution in [0.5, 0.6) is 5.75 Å². The molecule has 2 rings (SSSR count). The van der Waals surface area contributed by atoms with Gasteiger partial charge in [0.2, 0.25) is 0 Å². The summed E-state index contributed by atoms with van der Waals surface area (Å²) in [6.07, 6.45) is 0. The Hall–Kier alpha value is -1.93. The van der Waals surface area contributed by atoms with Crippen LogP contribution in [0.1, 0.15) is 15.2 Å². The second-order valence-corrected chi connectivity index (χ2v) is 7.06. The van der Waals surface area contributed by atoms with Gasteiger partial charge in [0.15, 0.2) is 5.75 Å². The van der Waals surface area contributed by atoms with E-state index in [0.717, 1.165) is 8.66 Å². The van der Waals surface area contributed by atoms with Crippen molar-refractivity contribution in [2.24, 2.45) is 0 Å². The predicted molar refractivity (Wildman–Crippen MR) is 87.5 cm³/mol. The van der Waals surface area contributed by atoms with E-state index in [1.807, 2.05) is 12.1 Å². The average molecular weight is 385 g/mol. The molecule has 0 atom stereocenters. The molecule has 0 aliphatic heterocycles. The minimum absolute atomic E-state index is 0.131. The fourth-order valence-corrected chi connectivity index (χ4v) is 3.47. The van der Waals surface area contributed by atoms with Crippen LogP contribution in [0.3, 0.4) is 0 Å². The molecule has 0 radical (unpaired) electrons. The third-order valence-corrected chi connectivity index (χ3v) is 4.60. The Morgan fingerprint density at radius 3 is 2.68 bits per heavy atom. The number of nitro benzene ring substituents is 1. The first kappa shape index (κ1) is 16.4. The molecule has 0 saturated carbocycles. The number of methoxy groups -OCH3 is 1. The smallest absolute Gasteiger partial charge is 0.311 e. The lowest BCUT2D eigenvalue weighted by Gasteiger charge is -2.16. The maximum Gasteiger partial charge on any atom is 0.311 e. The highest BCUT2D eigenvalue weighted by Crippen LogP contribution is 2.28.